The topological polar surface area (TPSA) is 67.4 Å². The lowest BCUT2D eigenvalue weighted by Gasteiger charge is -2.31. The average Bonchev–Trinajstić information content (AvgIpc) is 2.77. The summed E-state index contributed by atoms with van der Waals surface area (Å²) in [6.07, 6.45) is 5.17. The van der Waals surface area contributed by atoms with Gasteiger partial charge in [-0.15, -0.1) is 0 Å². The van der Waals surface area contributed by atoms with Crippen LogP contribution in [0.15, 0.2) is 60.9 Å². The number of hydrogen-bond acceptors (Lipinski definition) is 5. The molecular weight excluding hydrogens is 400 g/mol. The van der Waals surface area contributed by atoms with E-state index in [1.165, 1.54) is 0 Å². The third kappa shape index (κ3) is 4.89. The van der Waals surface area contributed by atoms with E-state index in [0.29, 0.717) is 22.6 Å². The van der Waals surface area contributed by atoms with Gasteiger partial charge in [-0.3, -0.25) is 4.79 Å². The minimum absolute atomic E-state index is 0.138. The highest BCUT2D eigenvalue weighted by molar-refractivity contribution is 6.30. The van der Waals surface area contributed by atoms with Crippen LogP contribution in [-0.2, 0) is 4.79 Å². The summed E-state index contributed by atoms with van der Waals surface area (Å²) < 4.78 is 6.11. The lowest BCUT2D eigenvalue weighted by atomic mass is 9.90. The van der Waals surface area contributed by atoms with E-state index < -0.39 is 0 Å². The van der Waals surface area contributed by atoms with Gasteiger partial charge >= 0.3 is 0 Å². The number of benzene rings is 1. The van der Waals surface area contributed by atoms with Crippen molar-refractivity contribution in [2.45, 2.75) is 25.7 Å². The molecule has 1 saturated heterocycles. The van der Waals surface area contributed by atoms with Crippen molar-refractivity contribution in [1.29, 1.82) is 0 Å². The van der Waals surface area contributed by atoms with Gasteiger partial charge in [-0.1, -0.05) is 17.7 Å². The molecule has 154 valence electrons. The van der Waals surface area contributed by atoms with E-state index in [9.17, 15) is 4.79 Å². The number of carbonyl (C=O) groups is 1. The predicted octanol–water partition coefficient (Wildman–Crippen LogP) is 5.39. The molecule has 0 spiro atoms. The highest BCUT2D eigenvalue weighted by atomic mass is 35.5. The Labute approximate surface area is 180 Å². The van der Waals surface area contributed by atoms with Crippen LogP contribution in [0, 0.1) is 0 Å². The molecule has 6 nitrogen and oxygen atoms in total. The summed E-state index contributed by atoms with van der Waals surface area (Å²) >= 11 is 5.87. The van der Waals surface area contributed by atoms with Crippen LogP contribution in [0.4, 0.5) is 11.5 Å². The van der Waals surface area contributed by atoms with Crippen LogP contribution in [0.3, 0.4) is 0 Å². The second-order valence-electron chi connectivity index (χ2n) is 7.29. The normalized spacial score (nSPS) is 14.4. The summed E-state index contributed by atoms with van der Waals surface area (Å²) in [7, 11) is 0. The maximum Gasteiger partial charge on any atom is 0.222 e. The number of halogens is 1. The molecule has 0 atom stereocenters. The summed E-state index contributed by atoms with van der Waals surface area (Å²) in [6, 6.07) is 15.3. The lowest BCUT2D eigenvalue weighted by molar-refractivity contribution is -0.129. The zero-order chi connectivity index (χ0) is 20.9. The van der Waals surface area contributed by atoms with Crippen molar-refractivity contribution < 1.29 is 9.53 Å². The number of ether oxygens (including phenoxy) is 1. The van der Waals surface area contributed by atoms with Crippen LogP contribution in [0.2, 0.25) is 5.02 Å². The first-order chi connectivity index (χ1) is 14.6. The van der Waals surface area contributed by atoms with Gasteiger partial charge in [0.1, 0.15) is 11.6 Å². The van der Waals surface area contributed by atoms with E-state index >= 15 is 0 Å². The van der Waals surface area contributed by atoms with Crippen molar-refractivity contribution in [1.82, 2.24) is 14.9 Å². The fourth-order valence-electron chi connectivity index (χ4n) is 3.62. The van der Waals surface area contributed by atoms with Gasteiger partial charge in [0.25, 0.3) is 0 Å². The number of nitrogens with one attached hydrogen (secondary N) is 1. The van der Waals surface area contributed by atoms with Gasteiger partial charge in [0.2, 0.25) is 11.8 Å². The molecule has 1 N–H and O–H groups in total. The number of aromatic nitrogens is 2. The molecule has 0 bridgehead atoms. The highest BCUT2D eigenvalue weighted by Gasteiger charge is 2.24. The first-order valence-corrected chi connectivity index (χ1v) is 10.3. The zero-order valence-electron chi connectivity index (χ0n) is 16.7. The van der Waals surface area contributed by atoms with Gasteiger partial charge in [0.05, 0.1) is 5.02 Å². The number of likely N-dealkylation sites (tertiary alicyclic amines) is 1. The fraction of sp³-hybridized carbons (Fsp3) is 0.261. The standard InChI is InChI=1S/C23H23ClN4O2/c1-16(29)28-13-10-17(11-14-28)21-3-2-12-25-23(21)30-20-7-5-19(6-8-20)27-22-9-4-18(24)15-26-22/h2-9,12,15,17H,10-11,13-14H2,1H3,(H,26,27). The summed E-state index contributed by atoms with van der Waals surface area (Å²) in [5.41, 5.74) is 1.99. The average molecular weight is 423 g/mol. The molecule has 3 heterocycles. The third-order valence-corrected chi connectivity index (χ3v) is 5.47. The van der Waals surface area contributed by atoms with E-state index in [1.54, 1.807) is 25.4 Å². The van der Waals surface area contributed by atoms with Gasteiger partial charge < -0.3 is 15.0 Å². The first kappa shape index (κ1) is 20.2. The summed E-state index contributed by atoms with van der Waals surface area (Å²) in [6.45, 7) is 3.17. The number of anilines is 2. The van der Waals surface area contributed by atoms with Crippen LogP contribution >= 0.6 is 11.6 Å². The van der Waals surface area contributed by atoms with Crippen LogP contribution in [0.5, 0.6) is 11.6 Å². The number of piperidine rings is 1. The number of nitrogens with zero attached hydrogens (tertiary/aromatic N) is 3. The van der Waals surface area contributed by atoms with Crippen molar-refractivity contribution >= 4 is 29.0 Å². The molecule has 4 rings (SSSR count). The lowest BCUT2D eigenvalue weighted by Crippen LogP contribution is -2.36. The smallest absolute Gasteiger partial charge is 0.222 e. The van der Waals surface area contributed by atoms with E-state index in [1.807, 2.05) is 41.3 Å². The number of carbonyl (C=O) groups excluding carboxylic acids is 1. The maximum absolute atomic E-state index is 11.6. The molecular formula is C23H23ClN4O2. The maximum atomic E-state index is 11.6. The number of hydrogen-bond donors (Lipinski definition) is 1. The number of pyridine rings is 2. The molecule has 1 amide bonds. The number of rotatable bonds is 5. The van der Waals surface area contributed by atoms with E-state index in [2.05, 4.69) is 21.4 Å². The molecule has 1 fully saturated rings. The zero-order valence-corrected chi connectivity index (χ0v) is 17.5. The van der Waals surface area contributed by atoms with Crippen LogP contribution < -0.4 is 10.1 Å². The predicted molar refractivity (Wildman–Crippen MR) is 118 cm³/mol. The second kappa shape index (κ2) is 9.13. The Morgan fingerprint density at radius 1 is 1.10 bits per heavy atom. The monoisotopic (exact) mass is 422 g/mol. The molecule has 0 aliphatic carbocycles. The summed E-state index contributed by atoms with van der Waals surface area (Å²) in [5, 5.41) is 3.82. The van der Waals surface area contributed by atoms with Gasteiger partial charge in [0, 0.05) is 43.7 Å². The Morgan fingerprint density at radius 2 is 1.87 bits per heavy atom. The molecule has 2 aromatic heterocycles. The van der Waals surface area contributed by atoms with Gasteiger partial charge in [0.15, 0.2) is 0 Å². The van der Waals surface area contributed by atoms with Crippen molar-refractivity contribution in [2.75, 3.05) is 18.4 Å². The first-order valence-electron chi connectivity index (χ1n) is 9.95. The van der Waals surface area contributed by atoms with E-state index in [-0.39, 0.29) is 5.91 Å². The molecule has 3 aromatic rings. The fourth-order valence-corrected chi connectivity index (χ4v) is 3.73. The van der Waals surface area contributed by atoms with Crippen LogP contribution in [-0.4, -0.2) is 33.9 Å². The molecule has 0 radical (unpaired) electrons. The molecule has 0 saturated carbocycles. The van der Waals surface area contributed by atoms with E-state index in [4.69, 9.17) is 16.3 Å². The summed E-state index contributed by atoms with van der Waals surface area (Å²) in [5.74, 6) is 2.53. The van der Waals surface area contributed by atoms with Gasteiger partial charge in [-0.05, 0) is 61.2 Å². The molecule has 30 heavy (non-hydrogen) atoms. The molecule has 1 aliphatic heterocycles. The van der Waals surface area contributed by atoms with Gasteiger partial charge in [-0.25, -0.2) is 9.97 Å². The van der Waals surface area contributed by atoms with Crippen molar-refractivity contribution in [3.8, 4) is 11.6 Å². The quantitative estimate of drug-likeness (QED) is 0.596. The van der Waals surface area contributed by atoms with Crippen LogP contribution in [0.25, 0.3) is 0 Å². The van der Waals surface area contributed by atoms with Crippen molar-refractivity contribution in [3.63, 3.8) is 0 Å². The minimum Gasteiger partial charge on any atom is -0.439 e. The van der Waals surface area contributed by atoms with E-state index in [0.717, 1.165) is 43.0 Å². The van der Waals surface area contributed by atoms with Crippen LogP contribution in [0.1, 0.15) is 31.2 Å². The second-order valence-corrected chi connectivity index (χ2v) is 7.73. The SMILES string of the molecule is CC(=O)N1CCC(c2cccnc2Oc2ccc(Nc3ccc(Cl)cn3)cc2)CC1. The van der Waals surface area contributed by atoms with Crippen molar-refractivity contribution in [2.24, 2.45) is 0 Å². The molecule has 7 heteroatoms. The minimum atomic E-state index is 0.138. The largest absolute Gasteiger partial charge is 0.439 e. The summed E-state index contributed by atoms with van der Waals surface area (Å²) in [4.78, 5) is 22.2. The third-order valence-electron chi connectivity index (χ3n) is 5.25. The highest BCUT2D eigenvalue weighted by Crippen LogP contribution is 2.35. The van der Waals surface area contributed by atoms with Crippen molar-refractivity contribution in [3.05, 3.63) is 71.5 Å². The Bertz CT molecular complexity index is 1000. The Balaban J connectivity index is 1.43. The Hall–Kier alpha value is -3.12. The van der Waals surface area contributed by atoms with Gasteiger partial charge in [-0.2, -0.15) is 0 Å². The Morgan fingerprint density at radius 3 is 2.53 bits per heavy atom. The number of amides is 1. The Kier molecular flexibility index (Phi) is 6.14. The molecule has 1 aromatic carbocycles. The molecule has 1 aliphatic rings. The molecule has 0 unspecified atom stereocenters.